The number of amides is 2. The Kier molecular flexibility index (Phi) is 14.8. The molecule has 0 aromatic heterocycles. The fourth-order valence-corrected chi connectivity index (χ4v) is 2.97. The number of hydrogen-bond acceptors (Lipinski definition) is 4. The molecule has 0 bridgehead atoms. The molecular formula is C24H38N4O2. The molecular weight excluding hydrogens is 376 g/mol. The summed E-state index contributed by atoms with van der Waals surface area (Å²) >= 11 is 0. The van der Waals surface area contributed by atoms with E-state index in [0.29, 0.717) is 12.8 Å². The second-order valence-electron chi connectivity index (χ2n) is 7.58. The molecule has 0 spiro atoms. The summed E-state index contributed by atoms with van der Waals surface area (Å²) in [5.74, 6) is -0.115. The lowest BCUT2D eigenvalue weighted by Gasteiger charge is -2.01. The van der Waals surface area contributed by atoms with Gasteiger partial charge in [0.25, 0.3) is 0 Å². The van der Waals surface area contributed by atoms with E-state index in [1.807, 2.05) is 24.3 Å². The normalized spacial score (nSPS) is 11.3. The first-order chi connectivity index (χ1) is 14.7. The van der Waals surface area contributed by atoms with Gasteiger partial charge in [-0.1, -0.05) is 83.4 Å². The van der Waals surface area contributed by atoms with Crippen molar-refractivity contribution in [1.82, 2.24) is 10.9 Å². The highest BCUT2D eigenvalue weighted by atomic mass is 16.2. The van der Waals surface area contributed by atoms with Crippen molar-refractivity contribution in [3.05, 3.63) is 35.4 Å². The molecule has 1 aromatic rings. The van der Waals surface area contributed by atoms with Gasteiger partial charge in [-0.2, -0.15) is 10.2 Å². The first kappa shape index (κ1) is 25.5. The Morgan fingerprint density at radius 1 is 0.733 bits per heavy atom. The molecule has 0 fully saturated rings. The minimum absolute atomic E-state index is 0.0575. The van der Waals surface area contributed by atoms with Gasteiger partial charge in [0.05, 0.1) is 12.4 Å². The van der Waals surface area contributed by atoms with Gasteiger partial charge in [-0.05, 0) is 30.0 Å². The SMILES string of the molecule is CCCCCCCC(=O)N/N=C\c1cccc(/C=N\NC(=O)CCCCCCC)c1. The van der Waals surface area contributed by atoms with Crippen LogP contribution in [0.3, 0.4) is 0 Å². The lowest BCUT2D eigenvalue weighted by atomic mass is 10.1. The number of hydrazone groups is 2. The molecule has 0 saturated carbocycles. The standard InChI is InChI=1S/C24H38N4O2/c1-3-5-7-9-11-16-23(29)27-25-19-21-14-13-15-22(18-21)20-26-28-24(30)17-12-10-8-6-4-2/h13-15,18-20H,3-12,16-17H2,1-2H3,(H,27,29)(H,28,30)/b25-19-,26-20-. The highest BCUT2D eigenvalue weighted by Crippen LogP contribution is 2.06. The van der Waals surface area contributed by atoms with Crippen LogP contribution in [0.15, 0.2) is 34.5 Å². The van der Waals surface area contributed by atoms with Crippen molar-refractivity contribution < 1.29 is 9.59 Å². The van der Waals surface area contributed by atoms with Crippen molar-refractivity contribution in [3.8, 4) is 0 Å². The largest absolute Gasteiger partial charge is 0.273 e. The first-order valence-electron chi connectivity index (χ1n) is 11.4. The van der Waals surface area contributed by atoms with Crippen molar-refractivity contribution in [2.24, 2.45) is 10.2 Å². The van der Waals surface area contributed by atoms with E-state index in [-0.39, 0.29) is 11.8 Å². The predicted molar refractivity (Wildman–Crippen MR) is 125 cm³/mol. The molecule has 0 aliphatic heterocycles. The average Bonchev–Trinajstić information content (AvgIpc) is 2.74. The van der Waals surface area contributed by atoms with Gasteiger partial charge < -0.3 is 0 Å². The third kappa shape index (κ3) is 13.6. The number of carbonyl (C=O) groups excluding carboxylic acids is 2. The van der Waals surface area contributed by atoms with Gasteiger partial charge in [0.15, 0.2) is 0 Å². The first-order valence-corrected chi connectivity index (χ1v) is 11.4. The lowest BCUT2D eigenvalue weighted by Crippen LogP contribution is -2.17. The van der Waals surface area contributed by atoms with Crippen LogP contribution in [0.2, 0.25) is 0 Å². The van der Waals surface area contributed by atoms with E-state index in [4.69, 9.17) is 0 Å². The highest BCUT2D eigenvalue weighted by molar-refractivity contribution is 5.87. The zero-order valence-corrected chi connectivity index (χ0v) is 18.7. The van der Waals surface area contributed by atoms with Crippen molar-refractivity contribution in [2.45, 2.75) is 90.9 Å². The fraction of sp³-hybridized carbons (Fsp3) is 0.583. The van der Waals surface area contributed by atoms with Crippen molar-refractivity contribution in [3.63, 3.8) is 0 Å². The van der Waals surface area contributed by atoms with Crippen LogP contribution in [0, 0.1) is 0 Å². The number of nitrogens with one attached hydrogen (secondary N) is 2. The molecule has 0 saturated heterocycles. The Labute approximate surface area is 181 Å². The third-order valence-corrected chi connectivity index (χ3v) is 4.73. The monoisotopic (exact) mass is 414 g/mol. The Balaban J connectivity index is 2.31. The molecule has 1 rings (SSSR count). The summed E-state index contributed by atoms with van der Waals surface area (Å²) in [6, 6.07) is 7.56. The van der Waals surface area contributed by atoms with Gasteiger partial charge >= 0.3 is 0 Å². The minimum atomic E-state index is -0.0575. The molecule has 0 aliphatic carbocycles. The van der Waals surface area contributed by atoms with Crippen molar-refractivity contribution in [2.75, 3.05) is 0 Å². The lowest BCUT2D eigenvalue weighted by molar-refractivity contribution is -0.122. The number of rotatable bonds is 16. The van der Waals surface area contributed by atoms with Crippen LogP contribution >= 0.6 is 0 Å². The maximum Gasteiger partial charge on any atom is 0.240 e. The van der Waals surface area contributed by atoms with Gasteiger partial charge in [0.1, 0.15) is 0 Å². The molecule has 2 amide bonds. The van der Waals surface area contributed by atoms with Crippen LogP contribution < -0.4 is 10.9 Å². The van der Waals surface area contributed by atoms with E-state index in [1.165, 1.54) is 38.5 Å². The molecule has 1 aromatic carbocycles. The zero-order valence-electron chi connectivity index (χ0n) is 18.7. The molecule has 2 N–H and O–H groups in total. The van der Waals surface area contributed by atoms with E-state index in [2.05, 4.69) is 34.9 Å². The molecule has 6 heteroatoms. The molecule has 0 atom stereocenters. The number of carbonyl (C=O) groups is 2. The smallest absolute Gasteiger partial charge is 0.240 e. The summed E-state index contributed by atoms with van der Waals surface area (Å²) in [5, 5.41) is 8.04. The molecule has 6 nitrogen and oxygen atoms in total. The zero-order chi connectivity index (χ0) is 21.9. The summed E-state index contributed by atoms with van der Waals surface area (Å²) in [4.78, 5) is 23.6. The average molecular weight is 415 g/mol. The van der Waals surface area contributed by atoms with Gasteiger partial charge in [-0.15, -0.1) is 0 Å². The van der Waals surface area contributed by atoms with Gasteiger partial charge in [-0.3, -0.25) is 9.59 Å². The number of benzene rings is 1. The van der Waals surface area contributed by atoms with Gasteiger partial charge in [-0.25, -0.2) is 10.9 Å². The summed E-state index contributed by atoms with van der Waals surface area (Å²) in [5.41, 5.74) is 6.85. The Morgan fingerprint density at radius 2 is 1.17 bits per heavy atom. The number of unbranched alkanes of at least 4 members (excludes halogenated alkanes) is 8. The Bertz CT molecular complexity index is 618. The van der Waals surface area contributed by atoms with Crippen LogP contribution in [0.1, 0.15) is 102 Å². The summed E-state index contributed by atoms with van der Waals surface area (Å²) in [6.45, 7) is 4.35. The molecule has 0 unspecified atom stereocenters. The Morgan fingerprint density at radius 3 is 1.60 bits per heavy atom. The molecule has 166 valence electrons. The van der Waals surface area contributed by atoms with E-state index >= 15 is 0 Å². The highest BCUT2D eigenvalue weighted by Gasteiger charge is 2.00. The van der Waals surface area contributed by atoms with Gasteiger partial charge in [0.2, 0.25) is 11.8 Å². The predicted octanol–water partition coefficient (Wildman–Crippen LogP) is 5.31. The Hall–Kier alpha value is -2.50. The van der Waals surface area contributed by atoms with Crippen molar-refractivity contribution >= 4 is 24.2 Å². The van der Waals surface area contributed by atoms with Crippen LogP contribution in [0.5, 0.6) is 0 Å². The summed E-state index contributed by atoms with van der Waals surface area (Å²) in [6.07, 6.45) is 15.4. The van der Waals surface area contributed by atoms with Crippen LogP contribution in [-0.4, -0.2) is 24.2 Å². The van der Waals surface area contributed by atoms with Crippen LogP contribution in [-0.2, 0) is 9.59 Å². The van der Waals surface area contributed by atoms with E-state index < -0.39 is 0 Å². The second-order valence-corrected chi connectivity index (χ2v) is 7.58. The molecule has 0 aliphatic rings. The number of nitrogens with zero attached hydrogens (tertiary/aromatic N) is 2. The van der Waals surface area contributed by atoms with E-state index in [1.54, 1.807) is 12.4 Å². The minimum Gasteiger partial charge on any atom is -0.273 e. The van der Waals surface area contributed by atoms with E-state index in [9.17, 15) is 9.59 Å². The molecule has 0 radical (unpaired) electrons. The maximum atomic E-state index is 11.8. The summed E-state index contributed by atoms with van der Waals surface area (Å²) < 4.78 is 0. The van der Waals surface area contributed by atoms with Crippen LogP contribution in [0.4, 0.5) is 0 Å². The van der Waals surface area contributed by atoms with E-state index in [0.717, 1.165) is 36.8 Å². The molecule has 0 heterocycles. The quantitative estimate of drug-likeness (QED) is 0.218. The van der Waals surface area contributed by atoms with Crippen LogP contribution in [0.25, 0.3) is 0 Å². The third-order valence-electron chi connectivity index (χ3n) is 4.73. The summed E-state index contributed by atoms with van der Waals surface area (Å²) in [7, 11) is 0. The maximum absolute atomic E-state index is 11.8. The number of hydrogen-bond donors (Lipinski definition) is 2. The van der Waals surface area contributed by atoms with Crippen molar-refractivity contribution in [1.29, 1.82) is 0 Å². The fourth-order valence-electron chi connectivity index (χ4n) is 2.97. The van der Waals surface area contributed by atoms with Gasteiger partial charge in [0, 0.05) is 12.8 Å². The second kappa shape index (κ2) is 17.4. The topological polar surface area (TPSA) is 82.9 Å². The molecule has 30 heavy (non-hydrogen) atoms.